The molecule has 4 rings (SSSR count). The van der Waals surface area contributed by atoms with Gasteiger partial charge in [-0.3, -0.25) is 14.5 Å². The van der Waals surface area contributed by atoms with Gasteiger partial charge < -0.3 is 9.52 Å². The number of ketones is 1. The fourth-order valence-electron chi connectivity index (χ4n) is 3.68. The van der Waals surface area contributed by atoms with E-state index in [1.165, 1.54) is 11.2 Å². The summed E-state index contributed by atoms with van der Waals surface area (Å²) in [6.45, 7) is 3.91. The van der Waals surface area contributed by atoms with Crippen molar-refractivity contribution in [2.45, 2.75) is 26.3 Å². The first-order valence-corrected chi connectivity index (χ1v) is 9.52. The second-order valence-electron chi connectivity index (χ2n) is 7.02. The highest BCUT2D eigenvalue weighted by Gasteiger charge is 2.48. The van der Waals surface area contributed by atoms with E-state index in [9.17, 15) is 14.7 Å². The Morgan fingerprint density at radius 2 is 1.76 bits per heavy atom. The van der Waals surface area contributed by atoms with Gasteiger partial charge in [0.05, 0.1) is 11.8 Å². The number of benzene rings is 2. The summed E-state index contributed by atoms with van der Waals surface area (Å²) in [4.78, 5) is 27.4. The topological polar surface area (TPSA) is 70.8 Å². The van der Waals surface area contributed by atoms with Crippen LogP contribution in [0.5, 0.6) is 0 Å². The van der Waals surface area contributed by atoms with Gasteiger partial charge in [0.25, 0.3) is 11.7 Å². The first-order valence-electron chi connectivity index (χ1n) is 9.52. The van der Waals surface area contributed by atoms with Crippen LogP contribution in [0.4, 0.5) is 5.69 Å². The summed E-state index contributed by atoms with van der Waals surface area (Å²) in [6, 6.07) is 17.2. The van der Waals surface area contributed by atoms with E-state index in [1.54, 1.807) is 30.3 Å². The molecule has 5 heteroatoms. The second kappa shape index (κ2) is 7.43. The van der Waals surface area contributed by atoms with Crippen LogP contribution in [0.15, 0.2) is 76.9 Å². The summed E-state index contributed by atoms with van der Waals surface area (Å²) in [6.07, 6.45) is 2.36. The smallest absolute Gasteiger partial charge is 0.300 e. The molecule has 3 aromatic rings. The molecule has 1 fully saturated rings. The molecule has 1 aliphatic rings. The molecule has 1 amide bonds. The summed E-state index contributed by atoms with van der Waals surface area (Å²) in [7, 11) is 0. The molecular formula is C24H21NO4. The van der Waals surface area contributed by atoms with Crippen LogP contribution in [0.3, 0.4) is 0 Å². The van der Waals surface area contributed by atoms with Crippen molar-refractivity contribution in [2.75, 3.05) is 4.90 Å². The van der Waals surface area contributed by atoms with E-state index in [4.69, 9.17) is 4.42 Å². The van der Waals surface area contributed by atoms with E-state index in [0.717, 1.165) is 17.5 Å². The summed E-state index contributed by atoms with van der Waals surface area (Å²) >= 11 is 0. The van der Waals surface area contributed by atoms with Crippen LogP contribution in [0.2, 0.25) is 0 Å². The Morgan fingerprint density at radius 3 is 2.38 bits per heavy atom. The number of Topliss-reactive ketones (excluding diaryl/α,β-unsaturated/α-hetero) is 1. The van der Waals surface area contributed by atoms with Gasteiger partial charge in [-0.05, 0) is 42.7 Å². The van der Waals surface area contributed by atoms with Gasteiger partial charge in [0.2, 0.25) is 0 Å². The Balaban J connectivity index is 1.91. The molecule has 29 heavy (non-hydrogen) atoms. The van der Waals surface area contributed by atoms with E-state index < -0.39 is 17.7 Å². The van der Waals surface area contributed by atoms with Crippen molar-refractivity contribution >= 4 is 23.1 Å². The summed E-state index contributed by atoms with van der Waals surface area (Å²) in [5.74, 6) is -1.21. The van der Waals surface area contributed by atoms with E-state index in [-0.39, 0.29) is 11.3 Å². The molecule has 1 saturated heterocycles. The van der Waals surface area contributed by atoms with Crippen molar-refractivity contribution in [3.63, 3.8) is 0 Å². The number of aryl methyl sites for hydroxylation is 2. The van der Waals surface area contributed by atoms with Crippen molar-refractivity contribution < 1.29 is 19.1 Å². The molecule has 0 bridgehead atoms. The zero-order valence-electron chi connectivity index (χ0n) is 16.3. The number of amides is 1. The number of hydrogen-bond donors (Lipinski definition) is 1. The number of para-hydroxylation sites is 1. The molecule has 5 nitrogen and oxygen atoms in total. The lowest BCUT2D eigenvalue weighted by atomic mass is 9.98. The number of carbonyl (C=O) groups is 2. The van der Waals surface area contributed by atoms with Gasteiger partial charge in [-0.25, -0.2) is 0 Å². The molecule has 1 unspecified atom stereocenters. The molecule has 1 atom stereocenters. The molecule has 1 N–H and O–H groups in total. The van der Waals surface area contributed by atoms with E-state index in [1.807, 2.05) is 44.2 Å². The SMILES string of the molecule is CCc1ccc(/C(O)=C2/C(=O)C(=O)N(c3ccccc3C)C2c2ccco2)cc1. The number of carbonyl (C=O) groups excluding carboxylic acids is 2. The highest BCUT2D eigenvalue weighted by atomic mass is 16.3. The summed E-state index contributed by atoms with van der Waals surface area (Å²) < 4.78 is 5.57. The number of rotatable bonds is 4. The fourth-order valence-corrected chi connectivity index (χ4v) is 3.68. The third-order valence-electron chi connectivity index (χ3n) is 5.27. The van der Waals surface area contributed by atoms with Gasteiger partial charge in [0.15, 0.2) is 0 Å². The number of aliphatic hydroxyl groups excluding tert-OH is 1. The molecule has 0 spiro atoms. The number of hydrogen-bond acceptors (Lipinski definition) is 4. The van der Waals surface area contributed by atoms with Crippen molar-refractivity contribution in [1.82, 2.24) is 0 Å². The minimum absolute atomic E-state index is 0.0254. The summed E-state index contributed by atoms with van der Waals surface area (Å²) in [5, 5.41) is 11.0. The van der Waals surface area contributed by atoms with Gasteiger partial charge in [-0.1, -0.05) is 49.4 Å². The van der Waals surface area contributed by atoms with Crippen LogP contribution in [0.25, 0.3) is 5.76 Å². The van der Waals surface area contributed by atoms with Crippen LogP contribution < -0.4 is 4.90 Å². The molecule has 0 aliphatic carbocycles. The first kappa shape index (κ1) is 18.7. The van der Waals surface area contributed by atoms with Gasteiger partial charge in [-0.15, -0.1) is 0 Å². The second-order valence-corrected chi connectivity index (χ2v) is 7.02. The Bertz CT molecular complexity index is 1090. The highest BCUT2D eigenvalue weighted by Crippen LogP contribution is 2.43. The third kappa shape index (κ3) is 3.14. The first-order chi connectivity index (χ1) is 14.0. The average molecular weight is 387 g/mol. The van der Waals surface area contributed by atoms with Crippen LogP contribution in [-0.4, -0.2) is 16.8 Å². The van der Waals surface area contributed by atoms with Crippen molar-refractivity contribution in [3.05, 3.63) is 95.0 Å². The van der Waals surface area contributed by atoms with E-state index in [0.29, 0.717) is 17.0 Å². The van der Waals surface area contributed by atoms with Gasteiger partial charge >= 0.3 is 0 Å². The number of nitrogens with zero attached hydrogens (tertiary/aromatic N) is 1. The Morgan fingerprint density at radius 1 is 1.03 bits per heavy atom. The van der Waals surface area contributed by atoms with Crippen molar-refractivity contribution in [1.29, 1.82) is 0 Å². The number of aliphatic hydroxyl groups is 1. The number of furan rings is 1. The Hall–Kier alpha value is -3.60. The molecule has 2 aromatic carbocycles. The zero-order valence-corrected chi connectivity index (χ0v) is 16.3. The minimum Gasteiger partial charge on any atom is -0.507 e. The lowest BCUT2D eigenvalue weighted by Crippen LogP contribution is -2.29. The highest BCUT2D eigenvalue weighted by molar-refractivity contribution is 6.51. The van der Waals surface area contributed by atoms with Crippen molar-refractivity contribution in [3.8, 4) is 0 Å². The lowest BCUT2D eigenvalue weighted by molar-refractivity contribution is -0.132. The van der Waals surface area contributed by atoms with Crippen LogP contribution >= 0.6 is 0 Å². The maximum absolute atomic E-state index is 13.0. The predicted molar refractivity (Wildman–Crippen MR) is 110 cm³/mol. The molecule has 0 saturated carbocycles. The van der Waals surface area contributed by atoms with Gasteiger partial charge in [0.1, 0.15) is 17.6 Å². The van der Waals surface area contributed by atoms with E-state index in [2.05, 4.69) is 0 Å². The normalized spacial score (nSPS) is 18.4. The summed E-state index contributed by atoms with van der Waals surface area (Å²) in [5.41, 5.74) is 3.08. The maximum atomic E-state index is 13.0. The molecule has 2 heterocycles. The maximum Gasteiger partial charge on any atom is 0.300 e. The van der Waals surface area contributed by atoms with Crippen LogP contribution in [0, 0.1) is 6.92 Å². The quantitative estimate of drug-likeness (QED) is 0.397. The van der Waals surface area contributed by atoms with Crippen LogP contribution in [-0.2, 0) is 16.0 Å². The lowest BCUT2D eigenvalue weighted by Gasteiger charge is -2.24. The molecular weight excluding hydrogens is 366 g/mol. The molecule has 1 aromatic heterocycles. The van der Waals surface area contributed by atoms with Crippen molar-refractivity contribution in [2.24, 2.45) is 0 Å². The van der Waals surface area contributed by atoms with Gasteiger partial charge in [0, 0.05) is 11.3 Å². The predicted octanol–water partition coefficient (Wildman–Crippen LogP) is 4.78. The molecule has 0 radical (unpaired) electrons. The van der Waals surface area contributed by atoms with Crippen LogP contribution in [0.1, 0.15) is 35.4 Å². The Labute approximate surface area is 168 Å². The Kier molecular flexibility index (Phi) is 4.80. The average Bonchev–Trinajstić information content (AvgIpc) is 3.35. The third-order valence-corrected chi connectivity index (χ3v) is 5.27. The standard InChI is InChI=1S/C24H21NO4/c1-3-16-10-12-17(13-11-16)22(26)20-21(19-9-6-14-29-19)25(24(28)23(20)27)18-8-5-4-7-15(18)2/h4-14,21,26H,3H2,1-2H3/b22-20-. The molecule has 146 valence electrons. The number of anilines is 1. The largest absolute Gasteiger partial charge is 0.507 e. The van der Waals surface area contributed by atoms with E-state index >= 15 is 0 Å². The fraction of sp³-hybridized carbons (Fsp3) is 0.167. The molecule has 1 aliphatic heterocycles. The zero-order chi connectivity index (χ0) is 20.5. The van der Waals surface area contributed by atoms with Gasteiger partial charge in [-0.2, -0.15) is 0 Å². The monoisotopic (exact) mass is 387 g/mol. The minimum atomic E-state index is -0.836.